The number of carbonyl (C=O) groups excluding carboxylic acids is 3. The first-order valence-corrected chi connectivity index (χ1v) is 10.5. The smallest absolute Gasteiger partial charge is 0.323 e. The van der Waals surface area contributed by atoms with E-state index in [1.165, 1.54) is 15.7 Å². The number of aromatic nitrogens is 2. The van der Waals surface area contributed by atoms with E-state index >= 15 is 0 Å². The maximum atomic E-state index is 14.2. The molecule has 2 atom stereocenters. The van der Waals surface area contributed by atoms with E-state index in [9.17, 15) is 18.8 Å². The maximum absolute atomic E-state index is 14.2. The van der Waals surface area contributed by atoms with Gasteiger partial charge in [0.2, 0.25) is 0 Å². The molecule has 32 heavy (non-hydrogen) atoms. The molecule has 3 amide bonds. The van der Waals surface area contributed by atoms with Crippen molar-refractivity contribution in [2.24, 2.45) is 5.73 Å². The monoisotopic (exact) mass is 437 g/mol. The lowest BCUT2D eigenvalue weighted by molar-refractivity contribution is -0.122. The third-order valence-corrected chi connectivity index (χ3v) is 5.66. The molecule has 0 aliphatic carbocycles. The molecule has 1 aliphatic heterocycles. The molecule has 3 heterocycles. The number of urea groups is 1. The second kappa shape index (κ2) is 8.78. The summed E-state index contributed by atoms with van der Waals surface area (Å²) in [6, 6.07) is 10.2. The van der Waals surface area contributed by atoms with E-state index in [-0.39, 0.29) is 25.2 Å². The van der Waals surface area contributed by atoms with Gasteiger partial charge in [-0.1, -0.05) is 31.2 Å². The highest BCUT2D eigenvalue weighted by atomic mass is 19.1. The fourth-order valence-corrected chi connectivity index (χ4v) is 4.08. The number of benzene rings is 1. The van der Waals surface area contributed by atoms with Gasteiger partial charge in [-0.15, -0.1) is 0 Å². The molecule has 1 saturated heterocycles. The number of fused-ring (bicyclic) bond motifs is 1. The molecule has 0 radical (unpaired) electrons. The zero-order valence-corrected chi connectivity index (χ0v) is 17.6. The molecule has 1 aliphatic rings. The fourth-order valence-electron chi connectivity index (χ4n) is 4.08. The van der Waals surface area contributed by atoms with Crippen molar-refractivity contribution in [3.63, 3.8) is 0 Å². The van der Waals surface area contributed by atoms with E-state index < -0.39 is 24.3 Å². The van der Waals surface area contributed by atoms with E-state index in [1.807, 2.05) is 19.1 Å². The first-order valence-electron chi connectivity index (χ1n) is 10.5. The Kier molecular flexibility index (Phi) is 5.89. The van der Waals surface area contributed by atoms with Crippen LogP contribution in [0.4, 0.5) is 19.7 Å². The molecule has 0 bridgehead atoms. The van der Waals surface area contributed by atoms with Gasteiger partial charge in [-0.25, -0.2) is 14.0 Å². The Morgan fingerprint density at radius 2 is 1.91 bits per heavy atom. The van der Waals surface area contributed by atoms with Crippen LogP contribution in [0.25, 0.3) is 10.9 Å². The molecule has 3 aromatic rings. The third kappa shape index (κ3) is 4.18. The summed E-state index contributed by atoms with van der Waals surface area (Å²) in [7, 11) is 0. The van der Waals surface area contributed by atoms with Gasteiger partial charge >= 0.3 is 12.1 Å². The highest BCUT2D eigenvalue weighted by molar-refractivity contribution is 6.05. The molecule has 1 aromatic carbocycles. The number of halogens is 1. The molecule has 166 valence electrons. The van der Waals surface area contributed by atoms with Crippen LogP contribution >= 0.6 is 0 Å². The van der Waals surface area contributed by atoms with Crippen molar-refractivity contribution in [3.05, 3.63) is 60.0 Å². The Hall–Kier alpha value is -3.75. The molecule has 0 spiro atoms. The zero-order chi connectivity index (χ0) is 22.8. The molecular weight excluding hydrogens is 413 g/mol. The average molecular weight is 437 g/mol. The van der Waals surface area contributed by atoms with Crippen LogP contribution in [0.1, 0.15) is 24.7 Å². The highest BCUT2D eigenvalue weighted by Gasteiger charge is 2.39. The van der Waals surface area contributed by atoms with Crippen LogP contribution in [0, 0.1) is 0 Å². The van der Waals surface area contributed by atoms with Crippen molar-refractivity contribution in [3.8, 4) is 0 Å². The van der Waals surface area contributed by atoms with Crippen LogP contribution in [0.3, 0.4) is 0 Å². The van der Waals surface area contributed by atoms with Gasteiger partial charge in [0.15, 0.2) is 5.78 Å². The quantitative estimate of drug-likeness (QED) is 0.638. The van der Waals surface area contributed by atoms with Crippen LogP contribution < -0.4 is 11.1 Å². The number of alkyl halides is 1. The number of pyridine rings is 1. The molecule has 0 saturated carbocycles. The highest BCUT2D eigenvalue weighted by Crippen LogP contribution is 2.28. The number of hydrogen-bond donors (Lipinski definition) is 2. The van der Waals surface area contributed by atoms with Crippen LogP contribution in [-0.2, 0) is 17.6 Å². The van der Waals surface area contributed by atoms with E-state index in [1.54, 1.807) is 30.3 Å². The topological polar surface area (TPSA) is 110 Å². The van der Waals surface area contributed by atoms with E-state index in [0.29, 0.717) is 22.3 Å². The number of nitrogens with one attached hydrogen (secondary N) is 1. The number of amides is 3. The van der Waals surface area contributed by atoms with Crippen molar-refractivity contribution < 1.29 is 18.8 Å². The van der Waals surface area contributed by atoms with Gasteiger partial charge in [0.05, 0.1) is 30.2 Å². The lowest BCUT2D eigenvalue weighted by Crippen LogP contribution is -2.43. The molecule has 9 heteroatoms. The second-order valence-corrected chi connectivity index (χ2v) is 7.82. The summed E-state index contributed by atoms with van der Waals surface area (Å²) in [4.78, 5) is 43.3. The summed E-state index contributed by atoms with van der Waals surface area (Å²) in [6.07, 6.45) is 0.839. The van der Waals surface area contributed by atoms with Crippen LogP contribution in [0.5, 0.6) is 0 Å². The number of carbonyl (C=O) groups is 3. The van der Waals surface area contributed by atoms with Crippen LogP contribution in [0.2, 0.25) is 0 Å². The van der Waals surface area contributed by atoms with Gasteiger partial charge in [-0.2, -0.15) is 0 Å². The minimum absolute atomic E-state index is 0.0238. The summed E-state index contributed by atoms with van der Waals surface area (Å²) in [5, 5.41) is 3.32. The third-order valence-electron chi connectivity index (χ3n) is 5.66. The number of primary amides is 1. The van der Waals surface area contributed by atoms with Crippen molar-refractivity contribution in [1.29, 1.82) is 0 Å². The van der Waals surface area contributed by atoms with Gasteiger partial charge < -0.3 is 16.0 Å². The van der Waals surface area contributed by atoms with E-state index in [4.69, 9.17) is 5.73 Å². The Morgan fingerprint density at radius 1 is 1.16 bits per heavy atom. The maximum Gasteiger partial charge on any atom is 0.323 e. The number of hydrogen-bond acceptors (Lipinski definition) is 4. The molecule has 8 nitrogen and oxygen atoms in total. The Labute approximate surface area is 184 Å². The number of Topliss-reactive ketones (excluding diaryl/α,β-unsaturated/α-hetero) is 1. The van der Waals surface area contributed by atoms with E-state index in [0.717, 1.165) is 12.1 Å². The lowest BCUT2D eigenvalue weighted by Gasteiger charge is -2.23. The lowest BCUT2D eigenvalue weighted by atomic mass is 10.0. The predicted octanol–water partition coefficient (Wildman–Crippen LogP) is 3.28. The van der Waals surface area contributed by atoms with Gasteiger partial charge in [0.1, 0.15) is 6.17 Å². The van der Waals surface area contributed by atoms with Crippen LogP contribution in [-0.4, -0.2) is 51.1 Å². The summed E-state index contributed by atoms with van der Waals surface area (Å²) in [6.45, 7) is 1.79. The molecular formula is C23H24FN5O3. The number of ketones is 1. The minimum atomic E-state index is -1.29. The average Bonchev–Trinajstić information content (AvgIpc) is 3.35. The summed E-state index contributed by atoms with van der Waals surface area (Å²) in [5.74, 6) is -0.263. The first kappa shape index (κ1) is 21.5. The number of aryl methyl sites for hydroxylation is 1. The van der Waals surface area contributed by atoms with Gasteiger partial charge in [0.25, 0.3) is 0 Å². The van der Waals surface area contributed by atoms with Gasteiger partial charge in [-0.05, 0) is 24.6 Å². The standard InChI is InChI=1S/C23H24FN5O3/c1-2-15-6-5-7-16(26-15)11-21(30)20-10-14(24)12-29(20)23(32)27-18-13-28(22(25)31)19-9-4-3-8-17(18)19/h3-9,13-14,20H,2,10-12H2,1H3,(H2,25,31)(H,27,32)/t14-,20+/m1/s1. The number of rotatable bonds is 5. The van der Waals surface area contributed by atoms with Crippen molar-refractivity contribution in [2.75, 3.05) is 11.9 Å². The molecule has 3 N–H and O–H groups in total. The SMILES string of the molecule is CCc1cccc(CC(=O)[C@@H]2C[C@@H](F)CN2C(=O)Nc2cn(C(N)=O)c3ccccc23)n1. The van der Waals surface area contributed by atoms with Crippen molar-refractivity contribution >= 4 is 34.4 Å². The summed E-state index contributed by atoms with van der Waals surface area (Å²) >= 11 is 0. The van der Waals surface area contributed by atoms with Crippen LogP contribution in [0.15, 0.2) is 48.7 Å². The normalized spacial score (nSPS) is 18.1. The number of nitrogens with two attached hydrogens (primary N) is 1. The van der Waals surface area contributed by atoms with Crippen molar-refractivity contribution in [2.45, 2.75) is 38.4 Å². The summed E-state index contributed by atoms with van der Waals surface area (Å²) in [5.41, 5.74) is 7.78. The Bertz CT molecular complexity index is 1190. The predicted molar refractivity (Wildman–Crippen MR) is 118 cm³/mol. The first-order chi connectivity index (χ1) is 15.4. The summed E-state index contributed by atoms with van der Waals surface area (Å²) < 4.78 is 15.5. The number of nitrogens with zero attached hydrogens (tertiary/aromatic N) is 3. The fraction of sp³-hybridized carbons (Fsp3) is 0.304. The second-order valence-electron chi connectivity index (χ2n) is 7.82. The number of likely N-dealkylation sites (tertiary alicyclic amines) is 1. The minimum Gasteiger partial charge on any atom is -0.351 e. The van der Waals surface area contributed by atoms with Crippen molar-refractivity contribution in [1.82, 2.24) is 14.5 Å². The Balaban J connectivity index is 1.54. The molecule has 1 fully saturated rings. The van der Waals surface area contributed by atoms with Gasteiger partial charge in [0, 0.05) is 29.4 Å². The molecule has 4 rings (SSSR count). The zero-order valence-electron chi connectivity index (χ0n) is 17.6. The van der Waals surface area contributed by atoms with Gasteiger partial charge in [-0.3, -0.25) is 14.3 Å². The molecule has 0 unspecified atom stereocenters. The number of anilines is 1. The molecule has 2 aromatic heterocycles. The Morgan fingerprint density at radius 3 is 2.66 bits per heavy atom. The van der Waals surface area contributed by atoms with E-state index in [2.05, 4.69) is 10.3 Å². The number of para-hydroxylation sites is 1. The largest absolute Gasteiger partial charge is 0.351 e.